The molecule has 2 aliphatic rings. The number of benzene rings is 1. The second-order valence-corrected chi connectivity index (χ2v) is 8.10. The van der Waals surface area contributed by atoms with Crippen LogP contribution in [0.5, 0.6) is 0 Å². The Balaban J connectivity index is 0.00000320. The highest BCUT2D eigenvalue weighted by Gasteiger charge is 2.29. The third-order valence-electron chi connectivity index (χ3n) is 5.63. The maximum absolute atomic E-state index is 13.3. The average Bonchev–Trinajstić information content (AvgIpc) is 2.71. The van der Waals surface area contributed by atoms with Gasteiger partial charge in [0.1, 0.15) is 11.9 Å². The van der Waals surface area contributed by atoms with E-state index < -0.39 is 0 Å². The minimum atomic E-state index is -0.226. The maximum atomic E-state index is 13.3. The number of hydrogen-bond donors (Lipinski definition) is 1. The van der Waals surface area contributed by atoms with Gasteiger partial charge in [-0.2, -0.15) is 0 Å². The van der Waals surface area contributed by atoms with Crippen LogP contribution in [-0.2, 0) is 9.47 Å². The van der Waals surface area contributed by atoms with E-state index >= 15 is 0 Å². The number of nitrogens with one attached hydrogen (secondary N) is 1. The summed E-state index contributed by atoms with van der Waals surface area (Å²) in [6, 6.07) is 7.38. The van der Waals surface area contributed by atoms with Crippen molar-refractivity contribution in [3.05, 3.63) is 35.6 Å². The lowest BCUT2D eigenvalue weighted by Gasteiger charge is -2.39. The molecule has 1 aromatic carbocycles. The first kappa shape index (κ1) is 25.3. The van der Waals surface area contributed by atoms with Crippen molar-refractivity contribution in [3.63, 3.8) is 0 Å². The van der Waals surface area contributed by atoms with Crippen LogP contribution in [0.1, 0.15) is 39.4 Å². The molecule has 2 fully saturated rings. The minimum Gasteiger partial charge on any atom is -0.379 e. The summed E-state index contributed by atoms with van der Waals surface area (Å²) in [5.74, 6) is 0.693. The van der Waals surface area contributed by atoms with Crippen molar-refractivity contribution < 1.29 is 13.9 Å². The summed E-state index contributed by atoms with van der Waals surface area (Å²) in [7, 11) is 0. The van der Waals surface area contributed by atoms with Crippen molar-refractivity contribution in [3.8, 4) is 0 Å². The lowest BCUT2D eigenvalue weighted by Crippen LogP contribution is -2.52. The highest BCUT2D eigenvalue weighted by atomic mass is 127. The van der Waals surface area contributed by atoms with Crippen LogP contribution in [0, 0.1) is 5.82 Å². The highest BCUT2D eigenvalue weighted by molar-refractivity contribution is 14.0. The van der Waals surface area contributed by atoms with Crippen molar-refractivity contribution in [2.75, 3.05) is 45.9 Å². The Hall–Kier alpha value is -0.970. The summed E-state index contributed by atoms with van der Waals surface area (Å²) in [5, 5.41) is 3.44. The molecule has 30 heavy (non-hydrogen) atoms. The molecule has 3 rings (SSSR count). The zero-order valence-corrected chi connectivity index (χ0v) is 20.8. The molecule has 0 aromatic heterocycles. The molecule has 8 heteroatoms. The molecule has 6 nitrogen and oxygen atoms in total. The van der Waals surface area contributed by atoms with E-state index in [-0.39, 0.29) is 42.0 Å². The van der Waals surface area contributed by atoms with Gasteiger partial charge in [0.15, 0.2) is 5.96 Å². The number of hydrogen-bond acceptors (Lipinski definition) is 4. The molecule has 4 unspecified atom stereocenters. The van der Waals surface area contributed by atoms with E-state index in [2.05, 4.69) is 42.8 Å². The third kappa shape index (κ3) is 6.77. The molecule has 1 aromatic rings. The number of aliphatic imine (C=N–C) groups is 1. The monoisotopic (exact) mass is 534 g/mol. The summed E-state index contributed by atoms with van der Waals surface area (Å²) >= 11 is 0. The highest BCUT2D eigenvalue weighted by Crippen LogP contribution is 2.25. The van der Waals surface area contributed by atoms with Crippen molar-refractivity contribution in [1.82, 2.24) is 15.1 Å². The molecular weight excluding hydrogens is 498 g/mol. The molecule has 2 aliphatic heterocycles. The molecule has 0 radical (unpaired) electrons. The van der Waals surface area contributed by atoms with Gasteiger partial charge in [-0.3, -0.25) is 9.89 Å². The second-order valence-electron chi connectivity index (χ2n) is 8.10. The van der Waals surface area contributed by atoms with Gasteiger partial charge in [-0.1, -0.05) is 12.1 Å². The Morgan fingerprint density at radius 2 is 2.00 bits per heavy atom. The minimum absolute atomic E-state index is 0. The molecule has 0 spiro atoms. The lowest BCUT2D eigenvalue weighted by atomic mass is 10.1. The fraction of sp³-hybridized carbons (Fsp3) is 0.682. The Morgan fingerprint density at radius 1 is 1.27 bits per heavy atom. The van der Waals surface area contributed by atoms with Gasteiger partial charge in [0.05, 0.1) is 32.4 Å². The number of ether oxygens (including phenoxy) is 2. The van der Waals surface area contributed by atoms with E-state index in [1.165, 1.54) is 12.1 Å². The van der Waals surface area contributed by atoms with E-state index in [4.69, 9.17) is 14.5 Å². The number of halogens is 2. The van der Waals surface area contributed by atoms with Crippen LogP contribution in [0.15, 0.2) is 29.3 Å². The third-order valence-corrected chi connectivity index (χ3v) is 5.63. The van der Waals surface area contributed by atoms with Crippen molar-refractivity contribution >= 4 is 29.9 Å². The molecule has 1 N–H and O–H groups in total. The molecule has 0 saturated carbocycles. The van der Waals surface area contributed by atoms with Gasteiger partial charge >= 0.3 is 0 Å². The fourth-order valence-corrected chi connectivity index (χ4v) is 4.13. The summed E-state index contributed by atoms with van der Waals surface area (Å²) < 4.78 is 25.0. The topological polar surface area (TPSA) is 49.3 Å². The lowest BCUT2D eigenvalue weighted by molar-refractivity contribution is -0.0605. The first-order valence-corrected chi connectivity index (χ1v) is 10.8. The van der Waals surface area contributed by atoms with Gasteiger partial charge in [0, 0.05) is 31.7 Å². The molecule has 0 amide bonds. The number of rotatable bonds is 5. The number of morpholine rings is 2. The number of nitrogens with zero attached hydrogens (tertiary/aromatic N) is 3. The van der Waals surface area contributed by atoms with Gasteiger partial charge in [-0.15, -0.1) is 24.0 Å². The SMILES string of the molecule is CCNC(=NCC(C)N1CCOCC1C)N1CC(C)OC(c2ccc(F)cc2)C1.I. The Kier molecular flexibility index (Phi) is 10.3. The van der Waals surface area contributed by atoms with Gasteiger partial charge in [0.25, 0.3) is 0 Å². The van der Waals surface area contributed by atoms with Crippen LogP contribution in [0.2, 0.25) is 0 Å². The van der Waals surface area contributed by atoms with Crippen LogP contribution in [-0.4, -0.2) is 79.9 Å². The Bertz CT molecular complexity index is 676. The smallest absolute Gasteiger partial charge is 0.194 e. The van der Waals surface area contributed by atoms with Crippen LogP contribution in [0.25, 0.3) is 0 Å². The van der Waals surface area contributed by atoms with Crippen LogP contribution in [0.4, 0.5) is 4.39 Å². The van der Waals surface area contributed by atoms with Gasteiger partial charge in [0.2, 0.25) is 0 Å². The summed E-state index contributed by atoms with van der Waals surface area (Å²) in [4.78, 5) is 9.69. The number of guanidine groups is 1. The van der Waals surface area contributed by atoms with Gasteiger partial charge in [-0.05, 0) is 45.4 Å². The van der Waals surface area contributed by atoms with Gasteiger partial charge in [-0.25, -0.2) is 4.39 Å². The standard InChI is InChI=1S/C22H35FN4O2.HI/c1-5-24-22(25-12-16(2)27-10-11-28-15-17(27)3)26-13-18(4)29-21(14-26)19-6-8-20(23)9-7-19;/h6-9,16-18,21H,5,10-15H2,1-4H3,(H,24,25);1H. The molecule has 0 bridgehead atoms. The first-order chi connectivity index (χ1) is 14.0. The summed E-state index contributed by atoms with van der Waals surface area (Å²) in [6.07, 6.45) is -0.0285. The van der Waals surface area contributed by atoms with Crippen LogP contribution >= 0.6 is 24.0 Å². The predicted molar refractivity (Wildman–Crippen MR) is 129 cm³/mol. The van der Waals surface area contributed by atoms with Crippen molar-refractivity contribution in [1.29, 1.82) is 0 Å². The van der Waals surface area contributed by atoms with Crippen LogP contribution < -0.4 is 5.32 Å². The molecular formula is C22H36FIN4O2. The fourth-order valence-electron chi connectivity index (χ4n) is 4.13. The van der Waals surface area contributed by atoms with Crippen molar-refractivity contribution in [2.45, 2.75) is 52.0 Å². The van der Waals surface area contributed by atoms with E-state index in [1.807, 2.05) is 12.1 Å². The summed E-state index contributed by atoms with van der Waals surface area (Å²) in [5.41, 5.74) is 0.995. The van der Waals surface area contributed by atoms with E-state index in [1.54, 1.807) is 0 Å². The van der Waals surface area contributed by atoms with E-state index in [9.17, 15) is 4.39 Å². The Labute approximate surface area is 197 Å². The maximum Gasteiger partial charge on any atom is 0.194 e. The summed E-state index contributed by atoms with van der Waals surface area (Å²) in [6.45, 7) is 14.2. The molecule has 0 aliphatic carbocycles. The molecule has 170 valence electrons. The Morgan fingerprint density at radius 3 is 2.67 bits per heavy atom. The zero-order chi connectivity index (χ0) is 20.8. The van der Waals surface area contributed by atoms with Crippen molar-refractivity contribution in [2.24, 2.45) is 4.99 Å². The van der Waals surface area contributed by atoms with E-state index in [0.717, 1.165) is 50.9 Å². The zero-order valence-electron chi connectivity index (χ0n) is 18.5. The normalized spacial score (nSPS) is 26.8. The second kappa shape index (κ2) is 12.2. The molecule has 4 atom stereocenters. The van der Waals surface area contributed by atoms with Gasteiger partial charge < -0.3 is 19.7 Å². The molecule has 2 saturated heterocycles. The largest absolute Gasteiger partial charge is 0.379 e. The average molecular weight is 534 g/mol. The predicted octanol–water partition coefficient (Wildman–Crippen LogP) is 3.28. The molecule has 2 heterocycles. The van der Waals surface area contributed by atoms with E-state index in [0.29, 0.717) is 18.6 Å². The quantitative estimate of drug-likeness (QED) is 0.357. The van der Waals surface area contributed by atoms with Crippen LogP contribution in [0.3, 0.4) is 0 Å². The first-order valence-electron chi connectivity index (χ1n) is 10.8.